The number of aromatic nitrogens is 1. The molecule has 1 heterocycles. The second-order valence-corrected chi connectivity index (χ2v) is 7.53. The van der Waals surface area contributed by atoms with Gasteiger partial charge in [0.1, 0.15) is 4.90 Å². The molecule has 4 nitrogen and oxygen atoms in total. The number of sulfonamides is 1. The van der Waals surface area contributed by atoms with Crippen molar-refractivity contribution in [2.24, 2.45) is 0 Å². The molecule has 1 aromatic heterocycles. The first-order chi connectivity index (χ1) is 10.5. The van der Waals surface area contributed by atoms with E-state index in [9.17, 15) is 8.42 Å². The first-order valence-corrected chi connectivity index (χ1v) is 8.94. The van der Waals surface area contributed by atoms with Crippen LogP contribution < -0.4 is 4.72 Å². The summed E-state index contributed by atoms with van der Waals surface area (Å²) in [6.07, 6.45) is 1.66. The Kier molecular flexibility index (Phi) is 4.08. The molecule has 0 aliphatic rings. The summed E-state index contributed by atoms with van der Waals surface area (Å²) < 4.78 is 28.4. The Bertz CT molecular complexity index is 955. The van der Waals surface area contributed by atoms with Gasteiger partial charge in [0, 0.05) is 16.1 Å². The molecule has 0 saturated carbocycles. The Morgan fingerprint density at radius 2 is 1.91 bits per heavy atom. The maximum Gasteiger partial charge on any atom is 0.263 e. The lowest BCUT2D eigenvalue weighted by atomic mass is 10.2. The van der Waals surface area contributed by atoms with E-state index < -0.39 is 10.0 Å². The van der Waals surface area contributed by atoms with Crippen LogP contribution in [0, 0.1) is 0 Å². The van der Waals surface area contributed by atoms with Crippen molar-refractivity contribution in [1.29, 1.82) is 0 Å². The number of pyridine rings is 1. The molecule has 0 spiro atoms. The van der Waals surface area contributed by atoms with Crippen LogP contribution in [-0.2, 0) is 10.0 Å². The Labute approximate surface area is 141 Å². The Balaban J connectivity index is 2.07. The quantitative estimate of drug-likeness (QED) is 0.710. The van der Waals surface area contributed by atoms with Crippen LogP contribution >= 0.6 is 27.5 Å². The summed E-state index contributed by atoms with van der Waals surface area (Å²) >= 11 is 9.29. The molecule has 3 aromatic rings. The van der Waals surface area contributed by atoms with E-state index in [0.717, 1.165) is 5.39 Å². The van der Waals surface area contributed by atoms with Crippen LogP contribution in [0.15, 0.2) is 64.1 Å². The second kappa shape index (κ2) is 5.87. The molecule has 0 aliphatic heterocycles. The summed E-state index contributed by atoms with van der Waals surface area (Å²) in [6.45, 7) is 0. The lowest BCUT2D eigenvalue weighted by Crippen LogP contribution is -2.13. The van der Waals surface area contributed by atoms with Gasteiger partial charge in [0.2, 0.25) is 0 Å². The third-order valence-corrected chi connectivity index (χ3v) is 5.42. The minimum Gasteiger partial charge on any atom is -0.279 e. The van der Waals surface area contributed by atoms with Gasteiger partial charge >= 0.3 is 0 Å². The molecule has 2 aromatic carbocycles. The van der Waals surface area contributed by atoms with E-state index in [1.165, 1.54) is 6.07 Å². The molecule has 0 atom stereocenters. The maximum atomic E-state index is 12.5. The normalized spacial score (nSPS) is 11.5. The van der Waals surface area contributed by atoms with Crippen LogP contribution in [0.4, 0.5) is 5.69 Å². The number of nitrogens with one attached hydrogen (secondary N) is 1. The number of anilines is 1. The SMILES string of the molecule is O=S(=O)(Nc1cccc2ncccc12)c1ccc(Br)cc1Cl. The van der Waals surface area contributed by atoms with Gasteiger partial charge in [-0.2, -0.15) is 0 Å². The predicted molar refractivity (Wildman–Crippen MR) is 91.7 cm³/mol. The summed E-state index contributed by atoms with van der Waals surface area (Å²) in [5.74, 6) is 0. The summed E-state index contributed by atoms with van der Waals surface area (Å²) in [5, 5.41) is 0.877. The van der Waals surface area contributed by atoms with Gasteiger partial charge in [-0.1, -0.05) is 33.6 Å². The first kappa shape index (κ1) is 15.3. The highest BCUT2D eigenvalue weighted by Gasteiger charge is 2.19. The molecule has 0 aliphatic carbocycles. The van der Waals surface area contributed by atoms with Crippen molar-refractivity contribution in [3.05, 3.63) is 64.2 Å². The zero-order valence-electron chi connectivity index (χ0n) is 11.1. The molecule has 3 rings (SSSR count). The largest absolute Gasteiger partial charge is 0.279 e. The third kappa shape index (κ3) is 2.95. The van der Waals surface area contributed by atoms with Gasteiger partial charge < -0.3 is 0 Å². The Morgan fingerprint density at radius 3 is 2.68 bits per heavy atom. The number of rotatable bonds is 3. The predicted octanol–water partition coefficient (Wildman–Crippen LogP) is 4.45. The highest BCUT2D eigenvalue weighted by Crippen LogP contribution is 2.29. The lowest BCUT2D eigenvalue weighted by molar-refractivity contribution is 0.601. The van der Waals surface area contributed by atoms with Crippen molar-refractivity contribution in [2.45, 2.75) is 4.90 Å². The monoisotopic (exact) mass is 396 g/mol. The third-order valence-electron chi connectivity index (χ3n) is 3.07. The molecular weight excluding hydrogens is 388 g/mol. The molecule has 1 N–H and O–H groups in total. The Hall–Kier alpha value is -1.63. The first-order valence-electron chi connectivity index (χ1n) is 6.29. The fourth-order valence-electron chi connectivity index (χ4n) is 2.09. The summed E-state index contributed by atoms with van der Waals surface area (Å²) in [6, 6.07) is 13.4. The lowest BCUT2D eigenvalue weighted by Gasteiger charge is -2.11. The van der Waals surface area contributed by atoms with E-state index in [1.54, 1.807) is 36.5 Å². The summed E-state index contributed by atoms with van der Waals surface area (Å²) in [7, 11) is -3.78. The molecule has 0 bridgehead atoms. The number of hydrogen-bond acceptors (Lipinski definition) is 3. The van der Waals surface area contributed by atoms with Gasteiger partial charge in [0.15, 0.2) is 0 Å². The maximum absolute atomic E-state index is 12.5. The summed E-state index contributed by atoms with van der Waals surface area (Å²) in [5.41, 5.74) is 1.18. The van der Waals surface area contributed by atoms with Crippen LogP contribution in [0.1, 0.15) is 0 Å². The zero-order chi connectivity index (χ0) is 15.7. The number of benzene rings is 2. The number of halogens is 2. The number of fused-ring (bicyclic) bond motifs is 1. The molecule has 0 saturated heterocycles. The van der Waals surface area contributed by atoms with Gasteiger partial charge in [-0.15, -0.1) is 0 Å². The molecule has 0 amide bonds. The van der Waals surface area contributed by atoms with Gasteiger partial charge in [-0.25, -0.2) is 8.42 Å². The molecule has 7 heteroatoms. The Morgan fingerprint density at radius 1 is 1.09 bits per heavy atom. The van der Waals surface area contributed by atoms with E-state index >= 15 is 0 Å². The minimum absolute atomic E-state index is 0.0262. The van der Waals surface area contributed by atoms with Gasteiger partial charge in [-0.05, 0) is 42.5 Å². The van der Waals surface area contributed by atoms with Crippen molar-refractivity contribution in [2.75, 3.05) is 4.72 Å². The summed E-state index contributed by atoms with van der Waals surface area (Å²) in [4.78, 5) is 4.23. The smallest absolute Gasteiger partial charge is 0.263 e. The van der Waals surface area contributed by atoms with Crippen molar-refractivity contribution >= 4 is 54.1 Å². The van der Waals surface area contributed by atoms with Gasteiger partial charge in [-0.3, -0.25) is 9.71 Å². The molecule has 0 unspecified atom stereocenters. The zero-order valence-corrected chi connectivity index (χ0v) is 14.3. The van der Waals surface area contributed by atoms with Crippen LogP contribution in [0.3, 0.4) is 0 Å². The van der Waals surface area contributed by atoms with Crippen molar-refractivity contribution in [3.8, 4) is 0 Å². The fourth-order valence-corrected chi connectivity index (χ4v) is 4.20. The highest BCUT2D eigenvalue weighted by atomic mass is 79.9. The number of nitrogens with zero attached hydrogens (tertiary/aromatic N) is 1. The second-order valence-electron chi connectivity index (χ2n) is 4.56. The average Bonchev–Trinajstić information content (AvgIpc) is 2.47. The molecule has 112 valence electrons. The van der Waals surface area contributed by atoms with Crippen LogP contribution in [0.25, 0.3) is 10.9 Å². The van der Waals surface area contributed by atoms with Crippen LogP contribution in [0.2, 0.25) is 5.02 Å². The van der Waals surface area contributed by atoms with Crippen molar-refractivity contribution in [1.82, 2.24) is 4.98 Å². The van der Waals surface area contributed by atoms with Gasteiger partial charge in [0.25, 0.3) is 10.0 Å². The molecular formula is C15H10BrClN2O2S. The molecule has 0 fully saturated rings. The van der Waals surface area contributed by atoms with Crippen molar-refractivity contribution < 1.29 is 8.42 Å². The van der Waals surface area contributed by atoms with E-state index in [0.29, 0.717) is 15.7 Å². The van der Waals surface area contributed by atoms with E-state index in [-0.39, 0.29) is 9.92 Å². The topological polar surface area (TPSA) is 59.1 Å². The van der Waals surface area contributed by atoms with E-state index in [2.05, 4.69) is 25.6 Å². The fraction of sp³-hybridized carbons (Fsp3) is 0. The van der Waals surface area contributed by atoms with Crippen molar-refractivity contribution in [3.63, 3.8) is 0 Å². The number of hydrogen-bond donors (Lipinski definition) is 1. The standard InChI is InChI=1S/C15H10BrClN2O2S/c16-10-6-7-15(12(17)9-10)22(20,21)19-14-5-1-4-13-11(14)3-2-8-18-13/h1-9,19H. The average molecular weight is 398 g/mol. The minimum atomic E-state index is -3.78. The molecule has 0 radical (unpaired) electrons. The van der Waals surface area contributed by atoms with Gasteiger partial charge in [0.05, 0.1) is 16.2 Å². The highest BCUT2D eigenvalue weighted by molar-refractivity contribution is 9.10. The van der Waals surface area contributed by atoms with E-state index in [4.69, 9.17) is 11.6 Å². The van der Waals surface area contributed by atoms with E-state index in [1.807, 2.05) is 12.1 Å². The van der Waals surface area contributed by atoms with Crippen LogP contribution in [0.5, 0.6) is 0 Å². The molecule has 22 heavy (non-hydrogen) atoms. The van der Waals surface area contributed by atoms with Crippen LogP contribution in [-0.4, -0.2) is 13.4 Å².